The molecule has 100 valence electrons. The molecule has 0 unspecified atom stereocenters. The van der Waals surface area contributed by atoms with Crippen molar-refractivity contribution in [2.45, 2.75) is 33.2 Å². The predicted molar refractivity (Wildman–Crippen MR) is 85.2 cm³/mol. The topological polar surface area (TPSA) is 4.93 Å². The summed E-state index contributed by atoms with van der Waals surface area (Å²) in [7, 11) is 0. The fourth-order valence-corrected chi connectivity index (χ4v) is 3.72. The quantitative estimate of drug-likeness (QED) is 0.488. The van der Waals surface area contributed by atoms with E-state index in [1.54, 1.807) is 0 Å². The van der Waals surface area contributed by atoms with Crippen LogP contribution in [-0.2, 0) is 19.4 Å². The second-order valence-corrected chi connectivity index (χ2v) is 5.59. The predicted octanol–water partition coefficient (Wildman–Crippen LogP) is 4.79. The zero-order chi connectivity index (χ0) is 13.7. The Morgan fingerprint density at radius 3 is 2.60 bits per heavy atom. The molecule has 0 saturated heterocycles. The molecule has 0 amide bonds. The maximum Gasteiger partial charge on any atom is 0.0530 e. The van der Waals surface area contributed by atoms with Crippen molar-refractivity contribution >= 4 is 10.9 Å². The van der Waals surface area contributed by atoms with Crippen molar-refractivity contribution < 1.29 is 0 Å². The summed E-state index contributed by atoms with van der Waals surface area (Å²) in [6, 6.07) is 15.6. The minimum atomic E-state index is 1.03. The van der Waals surface area contributed by atoms with Crippen LogP contribution in [0.2, 0.25) is 0 Å². The number of hydrogen-bond acceptors (Lipinski definition) is 0. The first-order valence-corrected chi connectivity index (χ1v) is 7.56. The average Bonchev–Trinajstić information content (AvgIpc) is 3.01. The van der Waals surface area contributed by atoms with Crippen molar-refractivity contribution in [1.82, 2.24) is 4.57 Å². The highest BCUT2D eigenvalue weighted by molar-refractivity contribution is 5.95. The zero-order valence-electron chi connectivity index (χ0n) is 12.1. The Hall–Kier alpha value is -2.02. The Bertz CT molecular complexity index is 808. The SMILES string of the molecule is CCc1c2n(c3c(CC)cccc13)Cc1ccccc1-2. The van der Waals surface area contributed by atoms with Gasteiger partial charge in [-0.3, -0.25) is 0 Å². The average molecular weight is 261 g/mol. The van der Waals surface area contributed by atoms with E-state index < -0.39 is 0 Å². The van der Waals surface area contributed by atoms with E-state index in [1.807, 2.05) is 0 Å². The molecule has 1 aliphatic rings. The van der Waals surface area contributed by atoms with Gasteiger partial charge < -0.3 is 4.57 Å². The van der Waals surface area contributed by atoms with Crippen LogP contribution in [0.15, 0.2) is 42.5 Å². The van der Waals surface area contributed by atoms with Crippen LogP contribution in [0.5, 0.6) is 0 Å². The second kappa shape index (κ2) is 4.24. The van der Waals surface area contributed by atoms with Crippen LogP contribution >= 0.6 is 0 Å². The Kier molecular flexibility index (Phi) is 2.50. The Morgan fingerprint density at radius 1 is 0.950 bits per heavy atom. The largest absolute Gasteiger partial charge is 0.335 e. The highest BCUT2D eigenvalue weighted by Crippen LogP contribution is 2.42. The highest BCUT2D eigenvalue weighted by atomic mass is 15.0. The lowest BCUT2D eigenvalue weighted by Crippen LogP contribution is -1.95. The summed E-state index contributed by atoms with van der Waals surface area (Å²) < 4.78 is 2.54. The van der Waals surface area contributed by atoms with Crippen LogP contribution in [0.25, 0.3) is 22.2 Å². The summed E-state index contributed by atoms with van der Waals surface area (Å²) in [6.07, 6.45) is 2.20. The molecule has 0 fully saturated rings. The van der Waals surface area contributed by atoms with Crippen LogP contribution in [0, 0.1) is 0 Å². The third-order valence-corrected chi connectivity index (χ3v) is 4.61. The van der Waals surface area contributed by atoms with Crippen molar-refractivity contribution in [3.05, 3.63) is 59.2 Å². The molecule has 0 bridgehead atoms. The molecule has 0 saturated carbocycles. The first-order valence-electron chi connectivity index (χ1n) is 7.56. The zero-order valence-corrected chi connectivity index (χ0v) is 12.1. The molecule has 0 aliphatic carbocycles. The Morgan fingerprint density at radius 2 is 1.80 bits per heavy atom. The Balaban J connectivity index is 2.15. The molecule has 2 heterocycles. The molecule has 1 heteroatoms. The maximum atomic E-state index is 2.54. The molecular weight excluding hydrogens is 242 g/mol. The van der Waals surface area contributed by atoms with Gasteiger partial charge >= 0.3 is 0 Å². The molecule has 0 spiro atoms. The summed E-state index contributed by atoms with van der Waals surface area (Å²) >= 11 is 0. The van der Waals surface area contributed by atoms with Crippen molar-refractivity contribution in [3.63, 3.8) is 0 Å². The van der Waals surface area contributed by atoms with E-state index in [-0.39, 0.29) is 0 Å². The molecular formula is C19H19N. The van der Waals surface area contributed by atoms with E-state index in [2.05, 4.69) is 60.9 Å². The van der Waals surface area contributed by atoms with Crippen LogP contribution in [-0.4, -0.2) is 4.57 Å². The fraction of sp³-hybridized carbons (Fsp3) is 0.263. The third-order valence-electron chi connectivity index (χ3n) is 4.61. The van der Waals surface area contributed by atoms with Gasteiger partial charge in [0.1, 0.15) is 0 Å². The molecule has 4 rings (SSSR count). The summed E-state index contributed by atoms with van der Waals surface area (Å²) in [6.45, 7) is 5.55. The lowest BCUT2D eigenvalue weighted by Gasteiger charge is -2.05. The van der Waals surface area contributed by atoms with E-state index in [0.717, 1.165) is 19.4 Å². The van der Waals surface area contributed by atoms with Crippen molar-refractivity contribution in [2.24, 2.45) is 0 Å². The van der Waals surface area contributed by atoms with E-state index in [9.17, 15) is 0 Å². The second-order valence-electron chi connectivity index (χ2n) is 5.59. The van der Waals surface area contributed by atoms with E-state index in [0.29, 0.717) is 0 Å². The molecule has 1 aliphatic heterocycles. The van der Waals surface area contributed by atoms with Gasteiger partial charge in [0.05, 0.1) is 11.2 Å². The summed E-state index contributed by atoms with van der Waals surface area (Å²) in [5.74, 6) is 0. The summed E-state index contributed by atoms with van der Waals surface area (Å²) in [5, 5.41) is 1.45. The molecule has 1 aromatic heterocycles. The minimum Gasteiger partial charge on any atom is -0.335 e. The normalized spacial score (nSPS) is 12.7. The first-order chi connectivity index (χ1) is 9.85. The number of benzene rings is 2. The highest BCUT2D eigenvalue weighted by Gasteiger charge is 2.25. The maximum absolute atomic E-state index is 2.54. The molecule has 2 aromatic carbocycles. The lowest BCUT2D eigenvalue weighted by atomic mass is 9.99. The van der Waals surface area contributed by atoms with Gasteiger partial charge in [-0.15, -0.1) is 0 Å². The number of nitrogens with zero attached hydrogens (tertiary/aromatic N) is 1. The number of para-hydroxylation sites is 1. The van der Waals surface area contributed by atoms with Gasteiger partial charge in [0, 0.05) is 17.5 Å². The molecule has 0 radical (unpaired) electrons. The molecule has 0 N–H and O–H groups in total. The van der Waals surface area contributed by atoms with Gasteiger partial charge in [0.15, 0.2) is 0 Å². The summed E-state index contributed by atoms with van der Waals surface area (Å²) in [4.78, 5) is 0. The van der Waals surface area contributed by atoms with Crippen LogP contribution < -0.4 is 0 Å². The van der Waals surface area contributed by atoms with Crippen molar-refractivity contribution in [1.29, 1.82) is 0 Å². The number of aryl methyl sites for hydroxylation is 2. The van der Waals surface area contributed by atoms with Crippen LogP contribution in [0.1, 0.15) is 30.5 Å². The van der Waals surface area contributed by atoms with Crippen molar-refractivity contribution in [2.75, 3.05) is 0 Å². The number of rotatable bonds is 2. The van der Waals surface area contributed by atoms with Gasteiger partial charge in [0.2, 0.25) is 0 Å². The number of fused-ring (bicyclic) bond motifs is 5. The third kappa shape index (κ3) is 1.38. The van der Waals surface area contributed by atoms with E-state index in [1.165, 1.54) is 38.9 Å². The van der Waals surface area contributed by atoms with Crippen LogP contribution in [0.4, 0.5) is 0 Å². The van der Waals surface area contributed by atoms with E-state index >= 15 is 0 Å². The summed E-state index contributed by atoms with van der Waals surface area (Å²) in [5.41, 5.74) is 8.79. The fourth-order valence-electron chi connectivity index (χ4n) is 3.72. The first kappa shape index (κ1) is 11.8. The van der Waals surface area contributed by atoms with Crippen molar-refractivity contribution in [3.8, 4) is 11.3 Å². The van der Waals surface area contributed by atoms with Crippen LogP contribution in [0.3, 0.4) is 0 Å². The number of hydrogen-bond donors (Lipinski definition) is 0. The minimum absolute atomic E-state index is 1.03. The van der Waals surface area contributed by atoms with Gasteiger partial charge in [-0.1, -0.05) is 56.3 Å². The standard InChI is InChI=1S/C19H19N/c1-3-13-9-7-11-17-15(4-2)19-16-10-6-5-8-14(16)12-20(19)18(13)17/h5-11H,3-4,12H2,1-2H3. The molecule has 3 aromatic rings. The molecule has 1 nitrogen and oxygen atoms in total. The van der Waals surface area contributed by atoms with Gasteiger partial charge in [-0.25, -0.2) is 0 Å². The van der Waals surface area contributed by atoms with Gasteiger partial charge in [0.25, 0.3) is 0 Å². The van der Waals surface area contributed by atoms with E-state index in [4.69, 9.17) is 0 Å². The smallest absolute Gasteiger partial charge is 0.0530 e. The van der Waals surface area contributed by atoms with Gasteiger partial charge in [-0.2, -0.15) is 0 Å². The monoisotopic (exact) mass is 261 g/mol. The number of aromatic nitrogens is 1. The molecule has 0 atom stereocenters. The Labute approximate surface area is 119 Å². The van der Waals surface area contributed by atoms with Gasteiger partial charge in [-0.05, 0) is 29.5 Å². The molecule has 20 heavy (non-hydrogen) atoms. The lowest BCUT2D eigenvalue weighted by molar-refractivity contribution is 0.875.